The predicted octanol–water partition coefficient (Wildman–Crippen LogP) is 2.54. The number of amides is 1. The lowest BCUT2D eigenvalue weighted by atomic mass is 10.2. The molecule has 5 heteroatoms. The van der Waals surface area contributed by atoms with Crippen molar-refractivity contribution in [2.45, 2.75) is 13.5 Å². The standard InChI is InChI=1S/C15H17N3OS/c1-11-5-6-12-10-18(8-7-17(2)14(12)16-11)15(19)13-4-3-9-20-13/h3-6,9H,7-8,10H2,1-2H3. The molecule has 2 aromatic heterocycles. The number of aromatic nitrogens is 1. The van der Waals surface area contributed by atoms with Crippen molar-refractivity contribution in [1.82, 2.24) is 9.88 Å². The zero-order valence-electron chi connectivity index (χ0n) is 11.7. The van der Waals surface area contributed by atoms with E-state index in [0.717, 1.165) is 35.0 Å². The molecule has 1 amide bonds. The number of pyridine rings is 1. The largest absolute Gasteiger partial charge is 0.358 e. The second-order valence-electron chi connectivity index (χ2n) is 5.06. The highest BCUT2D eigenvalue weighted by Gasteiger charge is 2.23. The summed E-state index contributed by atoms with van der Waals surface area (Å²) in [5.74, 6) is 1.10. The molecule has 0 saturated heterocycles. The van der Waals surface area contributed by atoms with E-state index >= 15 is 0 Å². The number of fused-ring (bicyclic) bond motifs is 1. The average molecular weight is 287 g/mol. The average Bonchev–Trinajstić information content (AvgIpc) is 2.92. The van der Waals surface area contributed by atoms with Gasteiger partial charge in [-0.25, -0.2) is 4.98 Å². The first-order valence-electron chi connectivity index (χ1n) is 6.65. The van der Waals surface area contributed by atoms with E-state index in [0.29, 0.717) is 6.54 Å². The fourth-order valence-electron chi connectivity index (χ4n) is 2.42. The smallest absolute Gasteiger partial charge is 0.264 e. The van der Waals surface area contributed by atoms with Gasteiger partial charge in [-0.1, -0.05) is 12.1 Å². The van der Waals surface area contributed by atoms with Gasteiger partial charge in [0.05, 0.1) is 4.88 Å². The summed E-state index contributed by atoms with van der Waals surface area (Å²) < 4.78 is 0. The number of likely N-dealkylation sites (N-methyl/N-ethyl adjacent to an activating group) is 1. The van der Waals surface area contributed by atoms with Crippen molar-refractivity contribution in [1.29, 1.82) is 0 Å². The Labute approximate surface area is 122 Å². The zero-order valence-corrected chi connectivity index (χ0v) is 12.5. The summed E-state index contributed by atoms with van der Waals surface area (Å²) in [5.41, 5.74) is 2.12. The Hall–Kier alpha value is -1.88. The van der Waals surface area contributed by atoms with E-state index in [4.69, 9.17) is 0 Å². The fraction of sp³-hybridized carbons (Fsp3) is 0.333. The van der Waals surface area contributed by atoms with Crippen LogP contribution in [-0.4, -0.2) is 35.9 Å². The number of thiophene rings is 1. The molecule has 0 bridgehead atoms. The van der Waals surface area contributed by atoms with E-state index in [-0.39, 0.29) is 5.91 Å². The maximum Gasteiger partial charge on any atom is 0.264 e. The first-order chi connectivity index (χ1) is 9.65. The molecule has 0 atom stereocenters. The highest BCUT2D eigenvalue weighted by molar-refractivity contribution is 7.12. The van der Waals surface area contributed by atoms with Crippen LogP contribution in [-0.2, 0) is 6.54 Å². The van der Waals surface area contributed by atoms with E-state index in [9.17, 15) is 4.79 Å². The summed E-state index contributed by atoms with van der Waals surface area (Å²) in [5, 5.41) is 1.94. The van der Waals surface area contributed by atoms with Gasteiger partial charge in [0.2, 0.25) is 0 Å². The molecule has 1 aliphatic heterocycles. The van der Waals surface area contributed by atoms with Crippen LogP contribution in [0.15, 0.2) is 29.6 Å². The number of carbonyl (C=O) groups excluding carboxylic acids is 1. The van der Waals surface area contributed by atoms with Crippen molar-refractivity contribution in [3.63, 3.8) is 0 Å². The molecular weight excluding hydrogens is 270 g/mol. The van der Waals surface area contributed by atoms with Crippen molar-refractivity contribution in [3.8, 4) is 0 Å². The molecule has 0 fully saturated rings. The van der Waals surface area contributed by atoms with Crippen LogP contribution in [0.2, 0.25) is 0 Å². The quantitative estimate of drug-likeness (QED) is 0.809. The van der Waals surface area contributed by atoms with E-state index in [1.54, 1.807) is 0 Å². The zero-order chi connectivity index (χ0) is 14.1. The molecule has 0 N–H and O–H groups in total. The number of nitrogens with zero attached hydrogens (tertiary/aromatic N) is 3. The van der Waals surface area contributed by atoms with E-state index < -0.39 is 0 Å². The first kappa shape index (κ1) is 13.1. The normalized spacial score (nSPS) is 14.9. The minimum absolute atomic E-state index is 0.113. The molecule has 2 aromatic rings. The summed E-state index contributed by atoms with van der Waals surface area (Å²) in [6, 6.07) is 7.89. The number of hydrogen-bond acceptors (Lipinski definition) is 4. The van der Waals surface area contributed by atoms with E-state index in [1.807, 2.05) is 42.5 Å². The second kappa shape index (κ2) is 5.25. The predicted molar refractivity (Wildman–Crippen MR) is 81.3 cm³/mol. The molecule has 104 valence electrons. The molecule has 0 aromatic carbocycles. The highest BCUT2D eigenvalue weighted by Crippen LogP contribution is 2.24. The molecule has 3 heterocycles. The minimum Gasteiger partial charge on any atom is -0.358 e. The molecule has 1 aliphatic rings. The molecule has 0 saturated carbocycles. The van der Waals surface area contributed by atoms with E-state index in [1.165, 1.54) is 11.3 Å². The molecule has 0 aliphatic carbocycles. The highest BCUT2D eigenvalue weighted by atomic mass is 32.1. The van der Waals surface area contributed by atoms with Gasteiger partial charge in [-0.05, 0) is 24.4 Å². The van der Waals surface area contributed by atoms with Crippen LogP contribution in [0.4, 0.5) is 5.82 Å². The lowest BCUT2D eigenvalue weighted by Gasteiger charge is -2.20. The Bertz CT molecular complexity index is 624. The fourth-order valence-corrected chi connectivity index (χ4v) is 3.11. The van der Waals surface area contributed by atoms with Crippen LogP contribution in [0, 0.1) is 6.92 Å². The molecule has 0 radical (unpaired) electrons. The summed E-state index contributed by atoms with van der Waals surface area (Å²) in [4.78, 5) is 21.9. The Kier molecular flexibility index (Phi) is 3.44. The van der Waals surface area contributed by atoms with Gasteiger partial charge >= 0.3 is 0 Å². The molecular formula is C15H17N3OS. The summed E-state index contributed by atoms with van der Waals surface area (Å²) in [6.45, 7) is 4.15. The van der Waals surface area contributed by atoms with Gasteiger partial charge < -0.3 is 9.80 Å². The van der Waals surface area contributed by atoms with E-state index in [2.05, 4.69) is 16.0 Å². The second-order valence-corrected chi connectivity index (χ2v) is 6.01. The number of hydrogen-bond donors (Lipinski definition) is 0. The van der Waals surface area contributed by atoms with Crippen molar-refractivity contribution >= 4 is 23.1 Å². The minimum atomic E-state index is 0.113. The van der Waals surface area contributed by atoms with Gasteiger partial charge in [-0.3, -0.25) is 4.79 Å². The van der Waals surface area contributed by atoms with Crippen molar-refractivity contribution in [2.75, 3.05) is 25.0 Å². The summed E-state index contributed by atoms with van der Waals surface area (Å²) in [6.07, 6.45) is 0. The third-order valence-corrected chi connectivity index (χ3v) is 4.40. The monoisotopic (exact) mass is 287 g/mol. The molecule has 4 nitrogen and oxygen atoms in total. The van der Waals surface area contributed by atoms with Gasteiger partial charge in [0, 0.05) is 37.9 Å². The van der Waals surface area contributed by atoms with Crippen molar-refractivity contribution in [2.24, 2.45) is 0 Å². The third-order valence-electron chi connectivity index (χ3n) is 3.54. The Morgan fingerprint density at radius 1 is 1.30 bits per heavy atom. The number of carbonyl (C=O) groups is 1. The van der Waals surface area contributed by atoms with Gasteiger partial charge in [0.1, 0.15) is 5.82 Å². The molecule has 0 spiro atoms. The van der Waals surface area contributed by atoms with Crippen LogP contribution >= 0.6 is 11.3 Å². The molecule has 20 heavy (non-hydrogen) atoms. The van der Waals surface area contributed by atoms with Crippen LogP contribution in [0.25, 0.3) is 0 Å². The van der Waals surface area contributed by atoms with Gasteiger partial charge in [0.15, 0.2) is 0 Å². The Balaban J connectivity index is 1.90. The lowest BCUT2D eigenvalue weighted by molar-refractivity contribution is 0.0756. The topological polar surface area (TPSA) is 36.4 Å². The maximum absolute atomic E-state index is 12.5. The molecule has 0 unspecified atom stereocenters. The number of anilines is 1. The Morgan fingerprint density at radius 3 is 2.90 bits per heavy atom. The third kappa shape index (κ3) is 2.41. The van der Waals surface area contributed by atoms with Crippen LogP contribution in [0.3, 0.4) is 0 Å². The maximum atomic E-state index is 12.5. The van der Waals surface area contributed by atoms with Gasteiger partial charge in [0.25, 0.3) is 5.91 Å². The summed E-state index contributed by atoms with van der Waals surface area (Å²) in [7, 11) is 2.03. The van der Waals surface area contributed by atoms with Gasteiger partial charge in [-0.2, -0.15) is 0 Å². The summed E-state index contributed by atoms with van der Waals surface area (Å²) >= 11 is 1.50. The van der Waals surface area contributed by atoms with Crippen LogP contribution in [0.5, 0.6) is 0 Å². The van der Waals surface area contributed by atoms with Crippen LogP contribution < -0.4 is 4.90 Å². The number of rotatable bonds is 1. The number of aryl methyl sites for hydroxylation is 1. The van der Waals surface area contributed by atoms with Crippen molar-refractivity contribution < 1.29 is 4.79 Å². The van der Waals surface area contributed by atoms with Crippen LogP contribution in [0.1, 0.15) is 20.9 Å². The van der Waals surface area contributed by atoms with Crippen molar-refractivity contribution in [3.05, 3.63) is 45.8 Å². The lowest BCUT2D eigenvalue weighted by Crippen LogP contribution is -2.33. The molecule has 3 rings (SSSR count). The first-order valence-corrected chi connectivity index (χ1v) is 7.53. The Morgan fingerprint density at radius 2 is 2.15 bits per heavy atom. The van der Waals surface area contributed by atoms with Gasteiger partial charge in [-0.15, -0.1) is 11.3 Å². The SMILES string of the molecule is Cc1ccc2c(n1)N(C)CCN(C(=O)c1cccs1)C2.